The van der Waals surface area contributed by atoms with E-state index in [4.69, 9.17) is 4.74 Å². The molecular weight excluding hydrogens is 433 g/mol. The van der Waals surface area contributed by atoms with E-state index in [0.29, 0.717) is 63.4 Å². The Morgan fingerprint density at radius 3 is 2.19 bits per heavy atom. The van der Waals surface area contributed by atoms with Crippen molar-refractivity contribution >= 4 is 6.03 Å². The second-order valence-corrected chi connectivity index (χ2v) is 8.14. The van der Waals surface area contributed by atoms with Crippen LogP contribution in [0.3, 0.4) is 0 Å². The zero-order chi connectivity index (χ0) is 22.6. The number of carbonyl (C=O) groups is 1. The van der Waals surface area contributed by atoms with E-state index in [-0.39, 0.29) is 30.0 Å². The predicted molar refractivity (Wildman–Crippen MR) is 95.3 cm³/mol. The molecule has 2 saturated heterocycles. The molecule has 2 unspecified atom stereocenters. The van der Waals surface area contributed by atoms with Gasteiger partial charge in [-0.2, -0.15) is 26.3 Å². The topological polar surface area (TPSA) is 32.8 Å². The molecule has 4 rings (SSSR count). The van der Waals surface area contributed by atoms with Gasteiger partial charge in [0.2, 0.25) is 0 Å². The number of nitrogens with zero attached hydrogens (tertiary/aromatic N) is 2. The molecule has 4 nitrogen and oxygen atoms in total. The van der Waals surface area contributed by atoms with E-state index in [1.807, 2.05) is 0 Å². The van der Waals surface area contributed by atoms with Crippen LogP contribution in [-0.4, -0.2) is 67.1 Å². The molecule has 0 saturated carbocycles. The lowest BCUT2D eigenvalue weighted by atomic mass is 9.77. The number of rotatable bonds is 1. The normalized spacial score (nSPS) is 24.7. The Morgan fingerprint density at radius 1 is 0.935 bits per heavy atom. The van der Waals surface area contributed by atoms with Crippen molar-refractivity contribution in [3.63, 3.8) is 0 Å². The van der Waals surface area contributed by atoms with Crippen LogP contribution in [0.2, 0.25) is 0 Å². The first-order chi connectivity index (χ1) is 14.4. The Morgan fingerprint density at radius 2 is 1.58 bits per heavy atom. The summed E-state index contributed by atoms with van der Waals surface area (Å²) in [4.78, 5) is 16.3. The van der Waals surface area contributed by atoms with Crippen molar-refractivity contribution in [2.75, 3.05) is 32.8 Å². The smallest absolute Gasteiger partial charge is 0.378 e. The van der Waals surface area contributed by atoms with Crippen molar-refractivity contribution in [3.05, 3.63) is 34.9 Å². The molecule has 0 spiro atoms. The third-order valence-electron chi connectivity index (χ3n) is 6.50. The SMILES string of the molecule is O=C(N1CCOCC1)N1CCC2c3ccc(C(F)(C(F)(F)F)C(F)(F)F)cc3CCC21. The Hall–Kier alpha value is -2.04. The lowest BCUT2D eigenvalue weighted by molar-refractivity contribution is -0.348. The van der Waals surface area contributed by atoms with E-state index in [1.165, 1.54) is 0 Å². The minimum absolute atomic E-state index is 0.132. The Bertz CT molecular complexity index is 835. The molecule has 0 aromatic heterocycles. The molecule has 0 radical (unpaired) electrons. The fraction of sp³-hybridized carbons (Fsp3) is 0.650. The summed E-state index contributed by atoms with van der Waals surface area (Å²) in [5.74, 6) is -0.200. The molecule has 2 aliphatic heterocycles. The zero-order valence-corrected chi connectivity index (χ0v) is 16.4. The molecule has 172 valence electrons. The molecule has 31 heavy (non-hydrogen) atoms. The number of alkyl halides is 7. The van der Waals surface area contributed by atoms with Gasteiger partial charge in [0, 0.05) is 37.2 Å². The van der Waals surface area contributed by atoms with Crippen molar-refractivity contribution in [2.45, 2.75) is 49.2 Å². The number of benzene rings is 1. The number of hydrogen-bond donors (Lipinski definition) is 0. The first-order valence-electron chi connectivity index (χ1n) is 10.0. The monoisotopic (exact) mass is 454 g/mol. The lowest BCUT2D eigenvalue weighted by Gasteiger charge is -2.38. The van der Waals surface area contributed by atoms with Gasteiger partial charge in [-0.15, -0.1) is 0 Å². The van der Waals surface area contributed by atoms with Crippen molar-refractivity contribution < 1.29 is 40.3 Å². The van der Waals surface area contributed by atoms with Gasteiger partial charge in [0.1, 0.15) is 0 Å². The van der Waals surface area contributed by atoms with Gasteiger partial charge < -0.3 is 14.5 Å². The minimum atomic E-state index is -6.13. The molecular formula is C20H21F7N2O2. The minimum Gasteiger partial charge on any atom is -0.378 e. The van der Waals surface area contributed by atoms with Crippen LogP contribution >= 0.6 is 0 Å². The van der Waals surface area contributed by atoms with Gasteiger partial charge >= 0.3 is 24.1 Å². The molecule has 0 N–H and O–H groups in total. The van der Waals surface area contributed by atoms with E-state index in [2.05, 4.69) is 0 Å². The first kappa shape index (κ1) is 22.2. The summed E-state index contributed by atoms with van der Waals surface area (Å²) in [5, 5.41) is 0. The van der Waals surface area contributed by atoms with Gasteiger partial charge in [-0.05, 0) is 30.4 Å². The Kier molecular flexibility index (Phi) is 5.38. The number of likely N-dealkylation sites (tertiary alicyclic amines) is 1. The molecule has 3 aliphatic rings. The molecule has 1 aromatic rings. The fourth-order valence-corrected chi connectivity index (χ4v) is 4.94. The number of fused-ring (bicyclic) bond motifs is 3. The molecule has 0 bridgehead atoms. The number of aryl methyl sites for hydroxylation is 1. The van der Waals surface area contributed by atoms with E-state index in [1.54, 1.807) is 9.80 Å². The van der Waals surface area contributed by atoms with Crippen molar-refractivity contribution in [3.8, 4) is 0 Å². The third kappa shape index (κ3) is 3.54. The number of carbonyl (C=O) groups excluding carboxylic acids is 1. The van der Waals surface area contributed by atoms with E-state index < -0.39 is 23.6 Å². The number of morpholine rings is 1. The average molecular weight is 454 g/mol. The molecule has 2 amide bonds. The summed E-state index contributed by atoms with van der Waals surface area (Å²) >= 11 is 0. The van der Waals surface area contributed by atoms with Crippen molar-refractivity contribution in [1.29, 1.82) is 0 Å². The van der Waals surface area contributed by atoms with Crippen LogP contribution in [0, 0.1) is 0 Å². The highest BCUT2D eigenvalue weighted by Gasteiger charge is 2.73. The maximum absolute atomic E-state index is 14.4. The van der Waals surface area contributed by atoms with Gasteiger partial charge in [-0.3, -0.25) is 0 Å². The fourth-order valence-electron chi connectivity index (χ4n) is 4.94. The second-order valence-electron chi connectivity index (χ2n) is 8.14. The van der Waals surface area contributed by atoms with Crippen molar-refractivity contribution in [1.82, 2.24) is 9.80 Å². The molecule has 1 aromatic carbocycles. The van der Waals surface area contributed by atoms with Crippen LogP contribution in [0.5, 0.6) is 0 Å². The van der Waals surface area contributed by atoms with Crippen LogP contribution < -0.4 is 0 Å². The summed E-state index contributed by atoms with van der Waals surface area (Å²) in [6.07, 6.45) is -11.2. The van der Waals surface area contributed by atoms with Gasteiger partial charge in [0.25, 0.3) is 0 Å². The Balaban J connectivity index is 1.61. The maximum Gasteiger partial charge on any atom is 0.435 e. The van der Waals surface area contributed by atoms with Crippen LogP contribution in [0.15, 0.2) is 18.2 Å². The number of halogens is 7. The number of amides is 2. The quantitative estimate of drug-likeness (QED) is 0.585. The first-order valence-corrected chi connectivity index (χ1v) is 10.0. The zero-order valence-electron chi connectivity index (χ0n) is 16.4. The average Bonchev–Trinajstić information content (AvgIpc) is 3.15. The van der Waals surface area contributed by atoms with Crippen LogP contribution in [0.25, 0.3) is 0 Å². The molecule has 2 fully saturated rings. The van der Waals surface area contributed by atoms with Gasteiger partial charge in [0.15, 0.2) is 0 Å². The summed E-state index contributed by atoms with van der Waals surface area (Å²) in [5.41, 5.74) is -6.03. The number of urea groups is 1. The highest BCUT2D eigenvalue weighted by molar-refractivity contribution is 5.75. The van der Waals surface area contributed by atoms with E-state index in [9.17, 15) is 35.5 Å². The highest BCUT2D eigenvalue weighted by Crippen LogP contribution is 2.54. The highest BCUT2D eigenvalue weighted by atomic mass is 19.4. The van der Waals surface area contributed by atoms with Crippen LogP contribution in [0.4, 0.5) is 35.5 Å². The Labute approximate surface area is 173 Å². The third-order valence-corrected chi connectivity index (χ3v) is 6.50. The summed E-state index contributed by atoms with van der Waals surface area (Å²) < 4.78 is 98.3. The van der Waals surface area contributed by atoms with E-state index >= 15 is 0 Å². The predicted octanol–water partition coefficient (Wildman–Crippen LogP) is 4.53. The maximum atomic E-state index is 14.4. The van der Waals surface area contributed by atoms with Crippen LogP contribution in [0.1, 0.15) is 35.4 Å². The molecule has 1 aliphatic carbocycles. The van der Waals surface area contributed by atoms with E-state index in [0.717, 1.165) is 6.07 Å². The van der Waals surface area contributed by atoms with Gasteiger partial charge in [-0.1, -0.05) is 18.2 Å². The van der Waals surface area contributed by atoms with Crippen molar-refractivity contribution in [2.24, 2.45) is 0 Å². The molecule has 2 heterocycles. The van der Waals surface area contributed by atoms with Gasteiger partial charge in [-0.25, -0.2) is 9.18 Å². The number of ether oxygens (including phenoxy) is 1. The summed E-state index contributed by atoms with van der Waals surface area (Å²) in [6, 6.07) is 2.12. The largest absolute Gasteiger partial charge is 0.435 e. The summed E-state index contributed by atoms with van der Waals surface area (Å²) in [6.45, 7) is 2.29. The summed E-state index contributed by atoms with van der Waals surface area (Å²) in [7, 11) is 0. The lowest BCUT2D eigenvalue weighted by Crippen LogP contribution is -2.51. The molecule has 2 atom stereocenters. The standard InChI is InChI=1S/C20H21F7N2O2/c21-18(19(22,23)24,20(25,26)27)13-2-3-14-12(11-13)1-4-16-15(14)5-6-29(16)17(30)28-7-9-31-10-8-28/h2-3,11,15-16H,1,4-10H2. The van der Waals surface area contributed by atoms with Gasteiger partial charge in [0.05, 0.1) is 13.2 Å². The van der Waals surface area contributed by atoms with Crippen LogP contribution in [-0.2, 0) is 16.8 Å². The molecule has 11 heteroatoms. The second kappa shape index (κ2) is 7.53. The number of hydrogen-bond acceptors (Lipinski definition) is 2.